The van der Waals surface area contributed by atoms with Gasteiger partial charge in [-0.1, -0.05) is 32.4 Å². The summed E-state index contributed by atoms with van der Waals surface area (Å²) in [6, 6.07) is 5.27. The quantitative estimate of drug-likeness (QED) is 0.766. The summed E-state index contributed by atoms with van der Waals surface area (Å²) in [4.78, 5) is 12.4. The monoisotopic (exact) mass is 312 g/mol. The molecule has 1 amide bonds. The Hall–Kier alpha value is -1.26. The van der Waals surface area contributed by atoms with E-state index >= 15 is 0 Å². The lowest BCUT2D eigenvalue weighted by Crippen LogP contribution is -2.41. The first-order chi connectivity index (χ1) is 10.0. The van der Waals surface area contributed by atoms with Crippen LogP contribution in [0.5, 0.6) is 5.75 Å². The molecule has 3 N–H and O–H groups in total. The fourth-order valence-corrected chi connectivity index (χ4v) is 2.36. The van der Waals surface area contributed by atoms with Gasteiger partial charge in [0.25, 0.3) is 0 Å². The van der Waals surface area contributed by atoms with E-state index in [1.165, 1.54) is 0 Å². The maximum atomic E-state index is 12.4. The molecular formula is C16H25ClN2O2. The fraction of sp³-hybridized carbons (Fsp3) is 0.562. The fourth-order valence-electron chi connectivity index (χ4n) is 2.12. The second-order valence-corrected chi connectivity index (χ2v) is 5.55. The molecule has 4 nitrogen and oxygen atoms in total. The Morgan fingerprint density at radius 3 is 2.48 bits per heavy atom. The number of hydrogen-bond donors (Lipinski definition) is 2. The molecule has 0 radical (unpaired) electrons. The molecule has 118 valence electrons. The third-order valence-corrected chi connectivity index (χ3v) is 4.17. The summed E-state index contributed by atoms with van der Waals surface area (Å²) in [5.41, 5.74) is 5.92. The van der Waals surface area contributed by atoms with Gasteiger partial charge in [-0.05, 0) is 37.5 Å². The highest BCUT2D eigenvalue weighted by atomic mass is 35.5. The van der Waals surface area contributed by atoms with E-state index in [2.05, 4.69) is 5.32 Å². The number of halogens is 1. The minimum absolute atomic E-state index is 0.0618. The van der Waals surface area contributed by atoms with Crippen LogP contribution in [0.2, 0.25) is 5.02 Å². The Bertz CT molecular complexity index is 465. The van der Waals surface area contributed by atoms with E-state index < -0.39 is 5.41 Å². The molecule has 0 aliphatic heterocycles. The van der Waals surface area contributed by atoms with E-state index in [-0.39, 0.29) is 5.91 Å². The van der Waals surface area contributed by atoms with Gasteiger partial charge in [-0.2, -0.15) is 0 Å². The van der Waals surface area contributed by atoms with Crippen molar-refractivity contribution in [2.24, 2.45) is 11.1 Å². The number of ether oxygens (including phenoxy) is 1. The molecule has 0 saturated heterocycles. The maximum Gasteiger partial charge on any atom is 0.231 e. The average molecular weight is 313 g/mol. The standard InChI is InChI=1S/C16H25ClN2O2/c1-4-9-21-14-8-7-12(10-13(14)17)19-15(20)16(5-2,6-3)11-18/h7-8,10H,4-6,9,11,18H2,1-3H3,(H,19,20). The molecule has 0 aliphatic rings. The van der Waals surface area contributed by atoms with Gasteiger partial charge >= 0.3 is 0 Å². The highest BCUT2D eigenvalue weighted by Gasteiger charge is 2.33. The van der Waals surface area contributed by atoms with E-state index in [1.807, 2.05) is 20.8 Å². The molecule has 0 aromatic heterocycles. The number of carbonyl (C=O) groups is 1. The second kappa shape index (κ2) is 8.25. The Morgan fingerprint density at radius 2 is 2.00 bits per heavy atom. The SMILES string of the molecule is CCCOc1ccc(NC(=O)C(CC)(CC)CN)cc1Cl. The van der Waals surface area contributed by atoms with Gasteiger partial charge in [0.1, 0.15) is 5.75 Å². The van der Waals surface area contributed by atoms with Gasteiger partial charge in [-0.3, -0.25) is 4.79 Å². The molecule has 1 rings (SSSR count). The van der Waals surface area contributed by atoms with Gasteiger partial charge in [0.05, 0.1) is 17.0 Å². The zero-order valence-corrected chi connectivity index (χ0v) is 13.8. The molecule has 0 atom stereocenters. The molecular weight excluding hydrogens is 288 g/mol. The van der Waals surface area contributed by atoms with Crippen molar-refractivity contribution in [3.63, 3.8) is 0 Å². The lowest BCUT2D eigenvalue weighted by atomic mass is 9.81. The lowest BCUT2D eigenvalue weighted by molar-refractivity contribution is -0.125. The largest absolute Gasteiger partial charge is 0.492 e. The van der Waals surface area contributed by atoms with Crippen LogP contribution in [0.25, 0.3) is 0 Å². The third kappa shape index (κ3) is 4.35. The predicted octanol–water partition coefficient (Wildman–Crippen LogP) is 3.83. The third-order valence-electron chi connectivity index (χ3n) is 3.88. The van der Waals surface area contributed by atoms with E-state index in [4.69, 9.17) is 22.1 Å². The minimum atomic E-state index is -0.524. The van der Waals surface area contributed by atoms with Crippen LogP contribution < -0.4 is 15.8 Å². The smallest absolute Gasteiger partial charge is 0.231 e. The van der Waals surface area contributed by atoms with Crippen LogP contribution in [0, 0.1) is 5.41 Å². The number of anilines is 1. The van der Waals surface area contributed by atoms with Crippen molar-refractivity contribution < 1.29 is 9.53 Å². The number of rotatable bonds is 8. The Balaban J connectivity index is 2.83. The van der Waals surface area contributed by atoms with E-state index in [1.54, 1.807) is 18.2 Å². The number of benzene rings is 1. The molecule has 1 aromatic rings. The van der Waals surface area contributed by atoms with Crippen molar-refractivity contribution in [2.75, 3.05) is 18.5 Å². The van der Waals surface area contributed by atoms with Crippen LogP contribution in [0.3, 0.4) is 0 Å². The highest BCUT2D eigenvalue weighted by molar-refractivity contribution is 6.32. The summed E-state index contributed by atoms with van der Waals surface area (Å²) in [7, 11) is 0. The number of nitrogens with one attached hydrogen (secondary N) is 1. The summed E-state index contributed by atoms with van der Waals surface area (Å²) in [6.45, 7) is 6.93. The normalized spacial score (nSPS) is 11.3. The lowest BCUT2D eigenvalue weighted by Gasteiger charge is -2.28. The van der Waals surface area contributed by atoms with Crippen molar-refractivity contribution in [2.45, 2.75) is 40.0 Å². The van der Waals surface area contributed by atoms with Gasteiger partial charge in [0.2, 0.25) is 5.91 Å². The van der Waals surface area contributed by atoms with Crippen molar-refractivity contribution in [1.82, 2.24) is 0 Å². The summed E-state index contributed by atoms with van der Waals surface area (Å²) < 4.78 is 5.51. The Kier molecular flexibility index (Phi) is 6.99. The van der Waals surface area contributed by atoms with Gasteiger partial charge in [-0.15, -0.1) is 0 Å². The molecule has 0 spiro atoms. The first-order valence-electron chi connectivity index (χ1n) is 7.46. The molecule has 0 unspecified atom stereocenters. The molecule has 0 aliphatic carbocycles. The molecule has 0 saturated carbocycles. The van der Waals surface area contributed by atoms with E-state index in [0.29, 0.717) is 42.5 Å². The van der Waals surface area contributed by atoms with E-state index in [9.17, 15) is 4.79 Å². The van der Waals surface area contributed by atoms with Crippen LogP contribution in [0.1, 0.15) is 40.0 Å². The van der Waals surface area contributed by atoms with Gasteiger partial charge in [0, 0.05) is 12.2 Å². The van der Waals surface area contributed by atoms with Crippen LogP contribution in [-0.2, 0) is 4.79 Å². The minimum Gasteiger partial charge on any atom is -0.492 e. The predicted molar refractivity (Wildman–Crippen MR) is 87.9 cm³/mol. The van der Waals surface area contributed by atoms with Crippen molar-refractivity contribution in [3.05, 3.63) is 23.2 Å². The summed E-state index contributed by atoms with van der Waals surface area (Å²) in [5, 5.41) is 3.39. The topological polar surface area (TPSA) is 64.3 Å². The molecule has 1 aromatic carbocycles. The van der Waals surface area contributed by atoms with Crippen LogP contribution in [0.15, 0.2) is 18.2 Å². The highest BCUT2D eigenvalue weighted by Crippen LogP contribution is 2.30. The summed E-state index contributed by atoms with van der Waals surface area (Å²) in [5.74, 6) is 0.570. The Labute approximate surface area is 132 Å². The van der Waals surface area contributed by atoms with Crippen LogP contribution >= 0.6 is 11.6 Å². The first-order valence-corrected chi connectivity index (χ1v) is 7.84. The molecule has 21 heavy (non-hydrogen) atoms. The summed E-state index contributed by atoms with van der Waals surface area (Å²) >= 11 is 6.16. The first kappa shape index (κ1) is 17.8. The van der Waals surface area contributed by atoms with E-state index in [0.717, 1.165) is 6.42 Å². The molecule has 0 heterocycles. The molecule has 0 bridgehead atoms. The summed E-state index contributed by atoms with van der Waals surface area (Å²) in [6.07, 6.45) is 2.33. The van der Waals surface area contributed by atoms with Crippen molar-refractivity contribution in [1.29, 1.82) is 0 Å². The maximum absolute atomic E-state index is 12.4. The number of hydrogen-bond acceptors (Lipinski definition) is 3. The van der Waals surface area contributed by atoms with Crippen LogP contribution in [-0.4, -0.2) is 19.1 Å². The van der Waals surface area contributed by atoms with Crippen molar-refractivity contribution >= 4 is 23.2 Å². The van der Waals surface area contributed by atoms with Gasteiger partial charge < -0.3 is 15.8 Å². The van der Waals surface area contributed by atoms with Gasteiger partial charge in [0.15, 0.2) is 0 Å². The Morgan fingerprint density at radius 1 is 1.33 bits per heavy atom. The molecule has 5 heteroatoms. The van der Waals surface area contributed by atoms with Gasteiger partial charge in [-0.25, -0.2) is 0 Å². The number of carbonyl (C=O) groups excluding carboxylic acids is 1. The number of amides is 1. The van der Waals surface area contributed by atoms with Crippen molar-refractivity contribution in [3.8, 4) is 5.75 Å². The van der Waals surface area contributed by atoms with Crippen LogP contribution in [0.4, 0.5) is 5.69 Å². The zero-order valence-electron chi connectivity index (χ0n) is 13.0. The number of nitrogens with two attached hydrogens (primary N) is 1. The molecule has 0 fully saturated rings. The average Bonchev–Trinajstić information content (AvgIpc) is 2.49. The zero-order chi connectivity index (χ0) is 15.9. The second-order valence-electron chi connectivity index (χ2n) is 5.14.